The van der Waals surface area contributed by atoms with Crippen LogP contribution in [0.4, 0.5) is 5.69 Å². The van der Waals surface area contributed by atoms with Gasteiger partial charge in [0.1, 0.15) is 5.92 Å². The summed E-state index contributed by atoms with van der Waals surface area (Å²) in [6.07, 6.45) is 0. The molecule has 0 saturated heterocycles. The van der Waals surface area contributed by atoms with Gasteiger partial charge in [0.25, 0.3) is 5.91 Å². The summed E-state index contributed by atoms with van der Waals surface area (Å²) in [5.41, 5.74) is 1.58. The molecule has 2 aromatic carbocycles. The zero-order valence-corrected chi connectivity index (χ0v) is 13.4. The normalized spacial score (nSPS) is 15.8. The molecule has 3 rings (SSSR count). The minimum Gasteiger partial charge on any atom is -0.493 e. The SMILES string of the molecule is COc1cccc(C(=O)N2C[C@@H](C(=O)O)c3ccccc32)c1OC. The topological polar surface area (TPSA) is 76.1 Å². The van der Waals surface area contributed by atoms with Crippen molar-refractivity contribution in [2.24, 2.45) is 0 Å². The fourth-order valence-corrected chi connectivity index (χ4v) is 3.01. The summed E-state index contributed by atoms with van der Waals surface area (Å²) >= 11 is 0. The summed E-state index contributed by atoms with van der Waals surface area (Å²) in [6.45, 7) is 0.0911. The van der Waals surface area contributed by atoms with E-state index in [2.05, 4.69) is 0 Å². The van der Waals surface area contributed by atoms with Crippen molar-refractivity contribution in [1.82, 2.24) is 0 Å². The minimum absolute atomic E-state index is 0.0911. The van der Waals surface area contributed by atoms with Crippen LogP contribution in [0.3, 0.4) is 0 Å². The van der Waals surface area contributed by atoms with E-state index in [9.17, 15) is 14.7 Å². The lowest BCUT2D eigenvalue weighted by molar-refractivity contribution is -0.138. The highest BCUT2D eigenvalue weighted by Gasteiger charge is 2.37. The number of amides is 1. The van der Waals surface area contributed by atoms with E-state index in [1.807, 2.05) is 0 Å². The van der Waals surface area contributed by atoms with Crippen LogP contribution in [0.2, 0.25) is 0 Å². The maximum absolute atomic E-state index is 13.0. The largest absolute Gasteiger partial charge is 0.493 e. The number of nitrogens with zero attached hydrogens (tertiary/aromatic N) is 1. The van der Waals surface area contributed by atoms with Crippen LogP contribution in [0.1, 0.15) is 21.8 Å². The molecule has 24 heavy (non-hydrogen) atoms. The molecule has 1 amide bonds. The smallest absolute Gasteiger partial charge is 0.312 e. The third-order valence-corrected chi connectivity index (χ3v) is 4.14. The third kappa shape index (κ3) is 2.46. The number of carboxylic acid groups (broad SMARTS) is 1. The van der Waals surface area contributed by atoms with Gasteiger partial charge in [0.2, 0.25) is 0 Å². The van der Waals surface area contributed by atoms with Gasteiger partial charge in [-0.25, -0.2) is 0 Å². The van der Waals surface area contributed by atoms with Gasteiger partial charge in [-0.05, 0) is 23.8 Å². The lowest BCUT2D eigenvalue weighted by atomic mass is 10.0. The molecular formula is C18H17NO5. The summed E-state index contributed by atoms with van der Waals surface area (Å²) in [7, 11) is 2.96. The molecule has 6 heteroatoms. The highest BCUT2D eigenvalue weighted by atomic mass is 16.5. The van der Waals surface area contributed by atoms with Crippen molar-refractivity contribution in [1.29, 1.82) is 0 Å². The molecule has 6 nitrogen and oxygen atoms in total. The summed E-state index contributed by atoms with van der Waals surface area (Å²) in [6, 6.07) is 12.1. The molecule has 2 aromatic rings. The number of aliphatic carboxylic acids is 1. The van der Waals surface area contributed by atoms with Crippen LogP contribution in [-0.2, 0) is 4.79 Å². The van der Waals surface area contributed by atoms with Crippen LogP contribution < -0.4 is 14.4 Å². The van der Waals surface area contributed by atoms with Crippen molar-refractivity contribution in [3.05, 3.63) is 53.6 Å². The Morgan fingerprint density at radius 3 is 2.50 bits per heavy atom. The van der Waals surface area contributed by atoms with Gasteiger partial charge in [0, 0.05) is 12.2 Å². The average Bonchev–Trinajstić information content (AvgIpc) is 3.00. The Hall–Kier alpha value is -3.02. The molecular weight excluding hydrogens is 310 g/mol. The average molecular weight is 327 g/mol. The van der Waals surface area contributed by atoms with Crippen LogP contribution in [0.25, 0.3) is 0 Å². The van der Waals surface area contributed by atoms with Gasteiger partial charge in [-0.3, -0.25) is 9.59 Å². The second-order valence-electron chi connectivity index (χ2n) is 5.41. The molecule has 1 aliphatic heterocycles. The van der Waals surface area contributed by atoms with Crippen molar-refractivity contribution in [2.75, 3.05) is 25.7 Å². The molecule has 0 fully saturated rings. The summed E-state index contributed by atoms with van der Waals surface area (Å²) in [5, 5.41) is 9.43. The Balaban J connectivity index is 2.05. The van der Waals surface area contributed by atoms with E-state index in [-0.39, 0.29) is 12.5 Å². The fraction of sp³-hybridized carbons (Fsp3) is 0.222. The van der Waals surface area contributed by atoms with Crippen LogP contribution in [0, 0.1) is 0 Å². The Morgan fingerprint density at radius 2 is 1.83 bits per heavy atom. The Labute approximate surface area is 139 Å². The predicted octanol–water partition coefficient (Wildman–Crippen LogP) is 2.53. The number of carboxylic acids is 1. The van der Waals surface area contributed by atoms with Crippen molar-refractivity contribution in [3.8, 4) is 11.5 Å². The zero-order chi connectivity index (χ0) is 17.3. The number of hydrogen-bond donors (Lipinski definition) is 1. The maximum Gasteiger partial charge on any atom is 0.312 e. The van der Waals surface area contributed by atoms with E-state index >= 15 is 0 Å². The number of fused-ring (bicyclic) bond motifs is 1. The lowest BCUT2D eigenvalue weighted by Crippen LogP contribution is -2.31. The summed E-state index contributed by atoms with van der Waals surface area (Å²) in [5.74, 6) is -1.22. The highest BCUT2D eigenvalue weighted by molar-refractivity contribution is 6.10. The second-order valence-corrected chi connectivity index (χ2v) is 5.41. The van der Waals surface area contributed by atoms with E-state index < -0.39 is 11.9 Å². The Morgan fingerprint density at radius 1 is 1.08 bits per heavy atom. The van der Waals surface area contributed by atoms with Crippen LogP contribution >= 0.6 is 0 Å². The van der Waals surface area contributed by atoms with E-state index in [1.165, 1.54) is 19.1 Å². The van der Waals surface area contributed by atoms with Crippen molar-refractivity contribution in [2.45, 2.75) is 5.92 Å². The van der Waals surface area contributed by atoms with Gasteiger partial charge in [0.05, 0.1) is 19.8 Å². The number of carbonyl (C=O) groups excluding carboxylic acids is 1. The first-order valence-electron chi connectivity index (χ1n) is 7.43. The highest BCUT2D eigenvalue weighted by Crippen LogP contribution is 2.39. The number of rotatable bonds is 4. The van der Waals surface area contributed by atoms with E-state index in [0.717, 1.165) is 0 Å². The standard InChI is InChI=1S/C18H17NO5/c1-23-15-9-5-7-12(16(15)24-2)17(20)19-10-13(18(21)22)11-6-3-4-8-14(11)19/h3-9,13H,10H2,1-2H3,(H,21,22)/t13-/m1/s1. The zero-order valence-electron chi connectivity index (χ0n) is 13.4. The number of ether oxygens (including phenoxy) is 2. The van der Waals surface area contributed by atoms with Crippen molar-refractivity contribution >= 4 is 17.6 Å². The first-order chi connectivity index (χ1) is 11.6. The van der Waals surface area contributed by atoms with Crippen LogP contribution in [0.5, 0.6) is 11.5 Å². The molecule has 0 aromatic heterocycles. The Bertz CT molecular complexity index is 802. The van der Waals surface area contributed by atoms with E-state index in [0.29, 0.717) is 28.3 Å². The number of carbonyl (C=O) groups is 2. The van der Waals surface area contributed by atoms with Crippen LogP contribution in [-0.4, -0.2) is 37.7 Å². The molecule has 1 atom stereocenters. The van der Waals surface area contributed by atoms with Gasteiger partial charge in [-0.1, -0.05) is 24.3 Å². The van der Waals surface area contributed by atoms with Gasteiger partial charge >= 0.3 is 5.97 Å². The molecule has 0 aliphatic carbocycles. The molecule has 0 bridgehead atoms. The number of benzene rings is 2. The van der Waals surface area contributed by atoms with Crippen LogP contribution in [0.15, 0.2) is 42.5 Å². The summed E-state index contributed by atoms with van der Waals surface area (Å²) < 4.78 is 10.6. The molecule has 124 valence electrons. The van der Waals surface area contributed by atoms with Gasteiger partial charge in [-0.2, -0.15) is 0 Å². The predicted molar refractivity (Wildman–Crippen MR) is 88.0 cm³/mol. The number of anilines is 1. The molecule has 1 N–H and O–H groups in total. The maximum atomic E-state index is 13.0. The van der Waals surface area contributed by atoms with Gasteiger partial charge in [0.15, 0.2) is 11.5 Å². The Kier molecular flexibility index (Phi) is 4.12. The van der Waals surface area contributed by atoms with E-state index in [1.54, 1.807) is 42.5 Å². The van der Waals surface area contributed by atoms with Gasteiger partial charge < -0.3 is 19.5 Å². The minimum atomic E-state index is -0.949. The van der Waals surface area contributed by atoms with Gasteiger partial charge in [-0.15, -0.1) is 0 Å². The molecule has 1 aliphatic rings. The monoisotopic (exact) mass is 327 g/mol. The molecule has 0 spiro atoms. The number of hydrogen-bond acceptors (Lipinski definition) is 4. The first-order valence-corrected chi connectivity index (χ1v) is 7.43. The molecule has 0 unspecified atom stereocenters. The number of methoxy groups -OCH3 is 2. The van der Waals surface area contributed by atoms with Crippen molar-refractivity contribution in [3.63, 3.8) is 0 Å². The van der Waals surface area contributed by atoms with Crippen molar-refractivity contribution < 1.29 is 24.2 Å². The number of para-hydroxylation sites is 2. The first kappa shape index (κ1) is 15.9. The second kappa shape index (κ2) is 6.23. The molecule has 0 radical (unpaired) electrons. The fourth-order valence-electron chi connectivity index (χ4n) is 3.01. The molecule has 1 heterocycles. The summed E-state index contributed by atoms with van der Waals surface area (Å²) in [4.78, 5) is 26.0. The molecule has 0 saturated carbocycles. The lowest BCUT2D eigenvalue weighted by Gasteiger charge is -2.20. The third-order valence-electron chi connectivity index (χ3n) is 4.14. The quantitative estimate of drug-likeness (QED) is 0.934. The van der Waals surface area contributed by atoms with E-state index in [4.69, 9.17) is 9.47 Å².